The number of piperidine rings is 1. The number of carbonyl (C=O) groups is 2. The van der Waals surface area contributed by atoms with E-state index in [9.17, 15) is 9.59 Å². The summed E-state index contributed by atoms with van der Waals surface area (Å²) in [6.07, 6.45) is 1.69. The Morgan fingerprint density at radius 3 is 2.78 bits per heavy atom. The van der Waals surface area contributed by atoms with Gasteiger partial charge in [-0.2, -0.15) is 0 Å². The number of halogens is 1. The molecule has 1 aliphatic heterocycles. The van der Waals surface area contributed by atoms with E-state index in [1.54, 1.807) is 4.90 Å². The first-order valence-corrected chi connectivity index (χ1v) is 9.49. The van der Waals surface area contributed by atoms with Crippen molar-refractivity contribution in [1.82, 2.24) is 4.90 Å². The predicted octanol–water partition coefficient (Wildman–Crippen LogP) is 3.84. The van der Waals surface area contributed by atoms with Gasteiger partial charge in [0.1, 0.15) is 0 Å². The Morgan fingerprint density at radius 2 is 2.04 bits per heavy atom. The smallest absolute Gasteiger partial charge is 0.263 e. The topological polar surface area (TPSA) is 49.4 Å². The zero-order valence-electron chi connectivity index (χ0n) is 12.5. The molecule has 1 aliphatic rings. The van der Waals surface area contributed by atoms with Gasteiger partial charge in [-0.25, -0.2) is 0 Å². The molecule has 2 aromatic rings. The summed E-state index contributed by atoms with van der Waals surface area (Å²) >= 11 is 3.65. The Balaban J connectivity index is 1.65. The molecule has 2 heterocycles. The van der Waals surface area contributed by atoms with Gasteiger partial charge in [0.15, 0.2) is 0 Å². The molecule has 1 N–H and O–H groups in total. The summed E-state index contributed by atoms with van der Waals surface area (Å²) in [5.41, 5.74) is 0.833. The molecule has 2 amide bonds. The summed E-state index contributed by atoms with van der Waals surface area (Å²) in [6, 6.07) is 11.4. The highest BCUT2D eigenvalue weighted by Crippen LogP contribution is 2.23. The molecule has 1 atom stereocenters. The Bertz CT molecular complexity index is 702. The molecule has 1 unspecified atom stereocenters. The lowest BCUT2D eigenvalue weighted by molar-refractivity contribution is -0.121. The number of nitrogens with zero attached hydrogens (tertiary/aromatic N) is 1. The number of rotatable bonds is 3. The Kier molecular flexibility index (Phi) is 5.32. The van der Waals surface area contributed by atoms with Crippen LogP contribution >= 0.6 is 33.9 Å². The molecule has 1 aromatic carbocycles. The second-order valence-electron chi connectivity index (χ2n) is 5.54. The second kappa shape index (κ2) is 7.44. The van der Waals surface area contributed by atoms with E-state index in [0.29, 0.717) is 6.54 Å². The van der Waals surface area contributed by atoms with Crippen molar-refractivity contribution in [2.24, 2.45) is 5.92 Å². The van der Waals surface area contributed by atoms with Gasteiger partial charge in [0.25, 0.3) is 5.91 Å². The van der Waals surface area contributed by atoms with E-state index >= 15 is 0 Å². The largest absolute Gasteiger partial charge is 0.337 e. The maximum Gasteiger partial charge on any atom is 0.263 e. The van der Waals surface area contributed by atoms with Gasteiger partial charge < -0.3 is 10.2 Å². The van der Waals surface area contributed by atoms with E-state index in [0.717, 1.165) is 33.5 Å². The van der Waals surface area contributed by atoms with E-state index in [4.69, 9.17) is 0 Å². The van der Waals surface area contributed by atoms with Gasteiger partial charge in [-0.1, -0.05) is 18.2 Å². The van der Waals surface area contributed by atoms with Crippen molar-refractivity contribution >= 4 is 51.4 Å². The zero-order chi connectivity index (χ0) is 16.2. The summed E-state index contributed by atoms with van der Waals surface area (Å²) in [5.74, 6) is -0.117. The number of anilines is 1. The normalized spacial score (nSPS) is 17.8. The first-order valence-electron chi connectivity index (χ1n) is 7.53. The molecule has 0 saturated carbocycles. The molecular weight excluding hydrogens is 423 g/mol. The average molecular weight is 440 g/mol. The van der Waals surface area contributed by atoms with Crippen molar-refractivity contribution in [3.8, 4) is 0 Å². The summed E-state index contributed by atoms with van der Waals surface area (Å²) < 4.78 is 1.01. The van der Waals surface area contributed by atoms with Gasteiger partial charge >= 0.3 is 0 Å². The Labute approximate surface area is 153 Å². The summed E-state index contributed by atoms with van der Waals surface area (Å²) in [6.45, 7) is 1.22. The molecule has 23 heavy (non-hydrogen) atoms. The van der Waals surface area contributed by atoms with Crippen LogP contribution in [0.1, 0.15) is 22.5 Å². The molecule has 1 saturated heterocycles. The van der Waals surface area contributed by atoms with Crippen LogP contribution in [0.15, 0.2) is 41.8 Å². The number of hydrogen-bond acceptors (Lipinski definition) is 3. The summed E-state index contributed by atoms with van der Waals surface area (Å²) in [4.78, 5) is 27.5. The van der Waals surface area contributed by atoms with Crippen LogP contribution in [-0.2, 0) is 4.79 Å². The molecule has 0 spiro atoms. The van der Waals surface area contributed by atoms with Crippen LogP contribution in [0.25, 0.3) is 0 Å². The van der Waals surface area contributed by atoms with Crippen LogP contribution in [0.5, 0.6) is 0 Å². The quantitative estimate of drug-likeness (QED) is 0.738. The number of hydrogen-bond donors (Lipinski definition) is 1. The summed E-state index contributed by atoms with van der Waals surface area (Å²) in [7, 11) is 0. The molecule has 4 nitrogen and oxygen atoms in total. The standard InChI is InChI=1S/C17H17IN2O2S/c18-13-6-1-2-7-14(13)19-16(21)12-5-3-9-20(11-12)17(22)15-8-4-10-23-15/h1-2,4,6-8,10,12H,3,5,9,11H2,(H,19,21). The first kappa shape index (κ1) is 16.4. The van der Waals surface area contributed by atoms with Gasteiger partial charge in [0, 0.05) is 16.7 Å². The van der Waals surface area contributed by atoms with Crippen molar-refractivity contribution < 1.29 is 9.59 Å². The van der Waals surface area contributed by atoms with Crippen molar-refractivity contribution in [3.63, 3.8) is 0 Å². The molecule has 1 aromatic heterocycles. The third-order valence-electron chi connectivity index (χ3n) is 3.94. The molecule has 3 rings (SSSR count). The molecule has 6 heteroatoms. The molecule has 120 valence electrons. The number of likely N-dealkylation sites (tertiary alicyclic amines) is 1. The lowest BCUT2D eigenvalue weighted by Crippen LogP contribution is -2.43. The van der Waals surface area contributed by atoms with Gasteiger partial charge in [0.05, 0.1) is 16.5 Å². The van der Waals surface area contributed by atoms with E-state index in [1.807, 2.05) is 41.8 Å². The van der Waals surface area contributed by atoms with Gasteiger partial charge in [-0.15, -0.1) is 11.3 Å². The molecule has 1 fully saturated rings. The van der Waals surface area contributed by atoms with E-state index in [-0.39, 0.29) is 17.7 Å². The van der Waals surface area contributed by atoms with Crippen molar-refractivity contribution in [3.05, 3.63) is 50.2 Å². The molecule has 0 aliphatic carbocycles. The average Bonchev–Trinajstić information content (AvgIpc) is 3.11. The predicted molar refractivity (Wildman–Crippen MR) is 101 cm³/mol. The Morgan fingerprint density at radius 1 is 1.22 bits per heavy atom. The van der Waals surface area contributed by atoms with Crippen LogP contribution in [0.4, 0.5) is 5.69 Å². The fraction of sp³-hybridized carbons (Fsp3) is 0.294. The number of para-hydroxylation sites is 1. The molecular formula is C17H17IN2O2S. The number of amides is 2. The minimum absolute atomic E-state index is 0.00204. The lowest BCUT2D eigenvalue weighted by Gasteiger charge is -2.31. The third kappa shape index (κ3) is 3.92. The molecule has 0 radical (unpaired) electrons. The van der Waals surface area contributed by atoms with Crippen LogP contribution < -0.4 is 5.32 Å². The highest BCUT2D eigenvalue weighted by atomic mass is 127. The summed E-state index contributed by atoms with van der Waals surface area (Å²) in [5, 5.41) is 4.89. The maximum atomic E-state index is 12.5. The van der Waals surface area contributed by atoms with E-state index < -0.39 is 0 Å². The zero-order valence-corrected chi connectivity index (χ0v) is 15.5. The van der Waals surface area contributed by atoms with Crippen LogP contribution in [0, 0.1) is 9.49 Å². The van der Waals surface area contributed by atoms with E-state index in [1.165, 1.54) is 11.3 Å². The van der Waals surface area contributed by atoms with Crippen LogP contribution in [0.3, 0.4) is 0 Å². The maximum absolute atomic E-state index is 12.5. The molecule has 0 bridgehead atoms. The first-order chi connectivity index (χ1) is 11.1. The lowest BCUT2D eigenvalue weighted by atomic mass is 9.97. The van der Waals surface area contributed by atoms with Crippen LogP contribution in [-0.4, -0.2) is 29.8 Å². The highest BCUT2D eigenvalue weighted by molar-refractivity contribution is 14.1. The van der Waals surface area contributed by atoms with Gasteiger partial charge in [-0.05, 0) is 59.0 Å². The monoisotopic (exact) mass is 440 g/mol. The number of nitrogens with one attached hydrogen (secondary N) is 1. The van der Waals surface area contributed by atoms with E-state index in [2.05, 4.69) is 27.9 Å². The number of thiophene rings is 1. The fourth-order valence-corrected chi connectivity index (χ4v) is 3.94. The fourth-order valence-electron chi connectivity index (χ4n) is 2.73. The van der Waals surface area contributed by atoms with Crippen molar-refractivity contribution in [1.29, 1.82) is 0 Å². The SMILES string of the molecule is O=C(Nc1ccccc1I)C1CCCN(C(=O)c2cccs2)C1. The highest BCUT2D eigenvalue weighted by Gasteiger charge is 2.29. The Hall–Kier alpha value is -1.41. The van der Waals surface area contributed by atoms with Crippen molar-refractivity contribution in [2.45, 2.75) is 12.8 Å². The van der Waals surface area contributed by atoms with Gasteiger partial charge in [0.2, 0.25) is 5.91 Å². The number of benzene rings is 1. The van der Waals surface area contributed by atoms with Crippen molar-refractivity contribution in [2.75, 3.05) is 18.4 Å². The minimum Gasteiger partial charge on any atom is -0.337 e. The second-order valence-corrected chi connectivity index (χ2v) is 7.65. The van der Waals surface area contributed by atoms with Gasteiger partial charge in [-0.3, -0.25) is 9.59 Å². The number of carbonyl (C=O) groups excluding carboxylic acids is 2. The third-order valence-corrected chi connectivity index (χ3v) is 5.74. The minimum atomic E-state index is -0.149. The van der Waals surface area contributed by atoms with Crippen LogP contribution in [0.2, 0.25) is 0 Å².